The molecule has 150 valence electrons. The number of carbonyl (C=O) groups excluding carboxylic acids is 1. The minimum atomic E-state index is -0.0241. The summed E-state index contributed by atoms with van der Waals surface area (Å²) in [4.78, 5) is 14.6. The highest BCUT2D eigenvalue weighted by Crippen LogP contribution is 2.34. The van der Waals surface area contributed by atoms with E-state index in [1.54, 1.807) is 0 Å². The molecule has 0 saturated carbocycles. The van der Waals surface area contributed by atoms with Gasteiger partial charge in [-0.05, 0) is 43.0 Å². The topological polar surface area (TPSA) is 41.6 Å². The van der Waals surface area contributed by atoms with Crippen LogP contribution in [-0.2, 0) is 27.9 Å². The molecule has 1 aliphatic rings. The van der Waals surface area contributed by atoms with Crippen molar-refractivity contribution in [2.45, 2.75) is 38.1 Å². The van der Waals surface area contributed by atoms with Gasteiger partial charge < -0.3 is 10.1 Å². The van der Waals surface area contributed by atoms with Gasteiger partial charge in [0.1, 0.15) is 0 Å². The Morgan fingerprint density at radius 2 is 1.68 bits per heavy atom. The van der Waals surface area contributed by atoms with Crippen LogP contribution in [0.3, 0.4) is 0 Å². The largest absolute Gasteiger partial charge is 0.381 e. The summed E-state index contributed by atoms with van der Waals surface area (Å²) in [6.07, 6.45) is 2.93. The second-order valence-corrected chi connectivity index (χ2v) is 7.88. The number of amides is 1. The number of rotatable bonds is 8. The van der Waals surface area contributed by atoms with Crippen molar-refractivity contribution >= 4 is 5.91 Å². The number of benzene rings is 2. The lowest BCUT2D eigenvalue weighted by molar-refractivity contribution is -0.122. The molecule has 0 spiro atoms. The molecule has 2 aromatic carbocycles. The molecule has 1 saturated heterocycles. The Morgan fingerprint density at radius 3 is 2.32 bits per heavy atom. The maximum atomic E-state index is 12.6. The van der Waals surface area contributed by atoms with Crippen molar-refractivity contribution in [3.63, 3.8) is 0 Å². The lowest BCUT2D eigenvalue weighted by atomic mass is 9.74. The van der Waals surface area contributed by atoms with Crippen molar-refractivity contribution in [1.29, 1.82) is 0 Å². The fourth-order valence-corrected chi connectivity index (χ4v) is 3.94. The standard InChI is InChI=1S/C24H32N2O2/c1-3-20-9-11-21(12-10-20)17-26(2)18-23(27)25-19-24(13-15-28-16-14-24)22-7-5-4-6-8-22/h4-12H,3,13-19H2,1-2H3,(H,25,27). The van der Waals surface area contributed by atoms with E-state index in [4.69, 9.17) is 4.74 Å². The summed E-state index contributed by atoms with van der Waals surface area (Å²) in [7, 11) is 1.99. The van der Waals surface area contributed by atoms with Gasteiger partial charge >= 0.3 is 0 Å². The zero-order valence-corrected chi connectivity index (χ0v) is 17.1. The predicted octanol–water partition coefficient (Wildman–Crippen LogP) is 3.55. The molecule has 1 aliphatic heterocycles. The van der Waals surface area contributed by atoms with Gasteiger partial charge in [-0.1, -0.05) is 61.5 Å². The van der Waals surface area contributed by atoms with Crippen molar-refractivity contribution in [2.24, 2.45) is 0 Å². The van der Waals surface area contributed by atoms with E-state index in [1.165, 1.54) is 16.7 Å². The Bertz CT molecular complexity index is 737. The predicted molar refractivity (Wildman–Crippen MR) is 113 cm³/mol. The third-order valence-electron chi connectivity index (χ3n) is 5.76. The summed E-state index contributed by atoms with van der Waals surface area (Å²) in [6, 6.07) is 19.2. The van der Waals surface area contributed by atoms with Crippen LogP contribution in [-0.4, -0.2) is 44.2 Å². The van der Waals surface area contributed by atoms with Crippen LogP contribution in [0.4, 0.5) is 0 Å². The number of nitrogens with zero attached hydrogens (tertiary/aromatic N) is 1. The monoisotopic (exact) mass is 380 g/mol. The second-order valence-electron chi connectivity index (χ2n) is 7.88. The first-order valence-corrected chi connectivity index (χ1v) is 10.3. The number of likely N-dealkylation sites (N-methyl/N-ethyl adjacent to an activating group) is 1. The summed E-state index contributed by atoms with van der Waals surface area (Å²) in [6.45, 7) is 5.49. The maximum absolute atomic E-state index is 12.6. The molecule has 4 nitrogen and oxygen atoms in total. The molecule has 0 aromatic heterocycles. The smallest absolute Gasteiger partial charge is 0.234 e. The normalized spacial score (nSPS) is 16.1. The molecule has 3 rings (SSSR count). The lowest BCUT2D eigenvalue weighted by Gasteiger charge is -2.38. The quantitative estimate of drug-likeness (QED) is 0.762. The Labute approximate surface area is 168 Å². The van der Waals surface area contributed by atoms with E-state index in [2.05, 4.69) is 65.7 Å². The van der Waals surface area contributed by atoms with Crippen molar-refractivity contribution in [2.75, 3.05) is 33.4 Å². The summed E-state index contributed by atoms with van der Waals surface area (Å²) >= 11 is 0. The molecule has 0 radical (unpaired) electrons. The number of carbonyl (C=O) groups is 1. The first kappa shape index (κ1) is 20.6. The van der Waals surface area contributed by atoms with E-state index in [0.29, 0.717) is 13.1 Å². The zero-order chi connectivity index (χ0) is 19.8. The van der Waals surface area contributed by atoms with Gasteiger partial charge in [0.25, 0.3) is 0 Å². The summed E-state index contributed by atoms with van der Waals surface area (Å²) in [5.41, 5.74) is 3.84. The van der Waals surface area contributed by atoms with Crippen LogP contribution >= 0.6 is 0 Å². The highest BCUT2D eigenvalue weighted by molar-refractivity contribution is 5.78. The average Bonchev–Trinajstić information content (AvgIpc) is 2.74. The number of hydrogen-bond donors (Lipinski definition) is 1. The van der Waals surface area contributed by atoms with Crippen molar-refractivity contribution in [1.82, 2.24) is 10.2 Å². The molecule has 1 fully saturated rings. The van der Waals surface area contributed by atoms with E-state index in [0.717, 1.165) is 39.0 Å². The van der Waals surface area contributed by atoms with Crippen LogP contribution in [0, 0.1) is 0 Å². The Balaban J connectivity index is 1.54. The average molecular weight is 381 g/mol. The number of ether oxygens (including phenoxy) is 1. The van der Waals surface area contributed by atoms with Gasteiger partial charge in [0.05, 0.1) is 6.54 Å². The lowest BCUT2D eigenvalue weighted by Crippen LogP contribution is -2.46. The zero-order valence-electron chi connectivity index (χ0n) is 17.1. The molecule has 0 atom stereocenters. The van der Waals surface area contributed by atoms with Gasteiger partial charge in [0.15, 0.2) is 0 Å². The molecule has 0 bridgehead atoms. The molecule has 0 unspecified atom stereocenters. The van der Waals surface area contributed by atoms with E-state index < -0.39 is 0 Å². The summed E-state index contributed by atoms with van der Waals surface area (Å²) in [5, 5.41) is 3.19. The Morgan fingerprint density at radius 1 is 1.04 bits per heavy atom. The minimum Gasteiger partial charge on any atom is -0.381 e. The Kier molecular flexibility index (Phi) is 7.24. The molecular weight excluding hydrogens is 348 g/mol. The molecule has 1 amide bonds. The van der Waals surface area contributed by atoms with E-state index in [1.807, 2.05) is 13.1 Å². The molecular formula is C24H32N2O2. The molecule has 1 heterocycles. The van der Waals surface area contributed by atoms with E-state index >= 15 is 0 Å². The van der Waals surface area contributed by atoms with Crippen molar-refractivity contribution in [3.05, 3.63) is 71.3 Å². The van der Waals surface area contributed by atoms with Gasteiger partial charge in [-0.3, -0.25) is 9.69 Å². The maximum Gasteiger partial charge on any atom is 0.234 e. The Hall–Kier alpha value is -2.17. The van der Waals surface area contributed by atoms with Crippen LogP contribution in [0.5, 0.6) is 0 Å². The number of hydrogen-bond acceptors (Lipinski definition) is 3. The molecule has 2 aromatic rings. The van der Waals surface area contributed by atoms with Crippen LogP contribution in [0.15, 0.2) is 54.6 Å². The van der Waals surface area contributed by atoms with E-state index in [9.17, 15) is 4.79 Å². The molecule has 1 N–H and O–H groups in total. The van der Waals surface area contributed by atoms with Crippen molar-refractivity contribution in [3.8, 4) is 0 Å². The molecule has 4 heteroatoms. The summed E-state index contributed by atoms with van der Waals surface area (Å²) < 4.78 is 5.58. The van der Waals surface area contributed by atoms with Crippen molar-refractivity contribution < 1.29 is 9.53 Å². The third kappa shape index (κ3) is 5.43. The van der Waals surface area contributed by atoms with Gasteiger partial charge in [0.2, 0.25) is 5.91 Å². The second kappa shape index (κ2) is 9.85. The molecule has 0 aliphatic carbocycles. The fraction of sp³-hybridized carbons (Fsp3) is 0.458. The van der Waals surface area contributed by atoms with Crippen LogP contribution in [0.2, 0.25) is 0 Å². The highest BCUT2D eigenvalue weighted by atomic mass is 16.5. The fourth-order valence-electron chi connectivity index (χ4n) is 3.94. The number of aryl methyl sites for hydroxylation is 1. The van der Waals surface area contributed by atoms with Gasteiger partial charge in [0, 0.05) is 31.7 Å². The van der Waals surface area contributed by atoms with Gasteiger partial charge in [-0.25, -0.2) is 0 Å². The number of nitrogens with one attached hydrogen (secondary N) is 1. The van der Waals surface area contributed by atoms with Gasteiger partial charge in [-0.2, -0.15) is 0 Å². The first-order valence-electron chi connectivity index (χ1n) is 10.3. The first-order chi connectivity index (χ1) is 13.6. The third-order valence-corrected chi connectivity index (χ3v) is 5.76. The van der Waals surface area contributed by atoms with Crippen LogP contribution in [0.1, 0.15) is 36.5 Å². The minimum absolute atomic E-state index is 0.0241. The summed E-state index contributed by atoms with van der Waals surface area (Å²) in [5.74, 6) is 0.0782. The van der Waals surface area contributed by atoms with E-state index in [-0.39, 0.29) is 11.3 Å². The SMILES string of the molecule is CCc1ccc(CN(C)CC(=O)NCC2(c3ccccc3)CCOCC2)cc1. The van der Waals surface area contributed by atoms with Crippen LogP contribution < -0.4 is 5.32 Å². The van der Waals surface area contributed by atoms with Crippen LogP contribution in [0.25, 0.3) is 0 Å². The highest BCUT2D eigenvalue weighted by Gasteiger charge is 2.34. The molecule has 28 heavy (non-hydrogen) atoms. The van der Waals surface area contributed by atoms with Gasteiger partial charge in [-0.15, -0.1) is 0 Å².